The molecule has 9 nitrogen and oxygen atoms in total. The van der Waals surface area contributed by atoms with Gasteiger partial charge in [0.05, 0.1) is 22.0 Å². The smallest absolute Gasteiger partial charge is 0.255 e. The van der Waals surface area contributed by atoms with Crippen LogP contribution in [0.25, 0.3) is 0 Å². The molecule has 0 spiro atoms. The average molecular weight is 473 g/mol. The number of benzene rings is 2. The lowest BCUT2D eigenvalue weighted by atomic mass is 10.1. The molecule has 1 N–H and O–H groups in total. The fraction of sp³-hybridized carbons (Fsp3) is 0.348. The monoisotopic (exact) mass is 472 g/mol. The second-order valence-corrected chi connectivity index (χ2v) is 9.72. The van der Waals surface area contributed by atoms with Crippen LogP contribution in [0.3, 0.4) is 0 Å². The summed E-state index contributed by atoms with van der Waals surface area (Å²) in [4.78, 5) is 39.7. The first-order valence-corrected chi connectivity index (χ1v) is 12.1. The van der Waals surface area contributed by atoms with Crippen LogP contribution in [0.1, 0.15) is 37.0 Å². The SMILES string of the molecule is CCN(CC)S(=O)(=O)c1ccc(N(C)C)c(NC(=O)c2ccc(N3C(=O)CCC3=O)cc2)c1. The van der Waals surface area contributed by atoms with Crippen molar-refractivity contribution in [2.75, 3.05) is 42.3 Å². The molecule has 1 saturated heterocycles. The fourth-order valence-corrected chi connectivity index (χ4v) is 5.18. The Bertz CT molecular complexity index is 1160. The molecule has 0 atom stereocenters. The van der Waals surface area contributed by atoms with Crippen molar-refractivity contribution in [2.45, 2.75) is 31.6 Å². The molecule has 2 aromatic rings. The fourth-order valence-electron chi connectivity index (χ4n) is 3.70. The standard InChI is InChI=1S/C23H28N4O5S/c1-5-26(6-2)33(31,32)18-11-12-20(25(3)4)19(15-18)24-23(30)16-7-9-17(10-8-16)27-21(28)13-14-22(27)29/h7-12,15H,5-6,13-14H2,1-4H3,(H,24,30). The average Bonchev–Trinajstić information content (AvgIpc) is 3.12. The molecule has 1 aliphatic heterocycles. The predicted octanol–water partition coefficient (Wildman–Crippen LogP) is 2.69. The summed E-state index contributed by atoms with van der Waals surface area (Å²) in [5.74, 6) is -0.973. The van der Waals surface area contributed by atoms with Gasteiger partial charge >= 0.3 is 0 Å². The van der Waals surface area contributed by atoms with E-state index in [1.54, 1.807) is 51.0 Å². The summed E-state index contributed by atoms with van der Waals surface area (Å²) in [5.41, 5.74) is 1.72. The van der Waals surface area contributed by atoms with E-state index >= 15 is 0 Å². The number of sulfonamides is 1. The van der Waals surface area contributed by atoms with Crippen LogP contribution in [0.4, 0.5) is 17.1 Å². The summed E-state index contributed by atoms with van der Waals surface area (Å²) in [6.45, 7) is 4.21. The Labute approximate surface area is 194 Å². The highest BCUT2D eigenvalue weighted by Crippen LogP contribution is 2.30. The number of imide groups is 1. The van der Waals surface area contributed by atoms with Gasteiger partial charge in [0.2, 0.25) is 21.8 Å². The van der Waals surface area contributed by atoms with Crippen molar-refractivity contribution in [3.8, 4) is 0 Å². The Morgan fingerprint density at radius 2 is 1.55 bits per heavy atom. The Morgan fingerprint density at radius 3 is 2.06 bits per heavy atom. The van der Waals surface area contributed by atoms with Gasteiger partial charge in [-0.05, 0) is 42.5 Å². The number of anilines is 3. The molecule has 176 valence electrons. The van der Waals surface area contributed by atoms with Crippen LogP contribution in [0.15, 0.2) is 47.4 Å². The molecule has 33 heavy (non-hydrogen) atoms. The van der Waals surface area contributed by atoms with E-state index < -0.39 is 15.9 Å². The van der Waals surface area contributed by atoms with E-state index in [1.165, 1.54) is 28.6 Å². The molecular formula is C23H28N4O5S. The first-order chi connectivity index (χ1) is 15.6. The summed E-state index contributed by atoms with van der Waals surface area (Å²) < 4.78 is 27.2. The zero-order chi connectivity index (χ0) is 24.3. The van der Waals surface area contributed by atoms with E-state index in [9.17, 15) is 22.8 Å². The van der Waals surface area contributed by atoms with Gasteiger partial charge in [0.15, 0.2) is 0 Å². The number of hydrogen-bond acceptors (Lipinski definition) is 6. The molecule has 0 bridgehead atoms. The van der Waals surface area contributed by atoms with Crippen LogP contribution in [0.2, 0.25) is 0 Å². The van der Waals surface area contributed by atoms with E-state index in [-0.39, 0.29) is 29.6 Å². The number of carbonyl (C=O) groups is 3. The van der Waals surface area contributed by atoms with Crippen molar-refractivity contribution in [1.29, 1.82) is 0 Å². The van der Waals surface area contributed by atoms with Gasteiger partial charge in [-0.25, -0.2) is 8.42 Å². The normalized spacial score (nSPS) is 14.2. The predicted molar refractivity (Wildman–Crippen MR) is 127 cm³/mol. The summed E-state index contributed by atoms with van der Waals surface area (Å²) in [7, 11) is -0.110. The molecule has 1 aliphatic rings. The van der Waals surface area contributed by atoms with Crippen molar-refractivity contribution in [3.05, 3.63) is 48.0 Å². The Hall–Kier alpha value is -3.24. The van der Waals surface area contributed by atoms with Gasteiger partial charge in [-0.3, -0.25) is 19.3 Å². The minimum atomic E-state index is -3.70. The molecule has 2 aromatic carbocycles. The van der Waals surface area contributed by atoms with Gasteiger partial charge in [-0.15, -0.1) is 0 Å². The molecule has 0 radical (unpaired) electrons. The van der Waals surface area contributed by atoms with Gasteiger partial charge in [0.25, 0.3) is 5.91 Å². The lowest BCUT2D eigenvalue weighted by molar-refractivity contribution is -0.121. The highest BCUT2D eigenvalue weighted by atomic mass is 32.2. The second kappa shape index (κ2) is 9.72. The molecule has 0 aliphatic carbocycles. The molecule has 3 amide bonds. The van der Waals surface area contributed by atoms with E-state index in [1.807, 2.05) is 0 Å². The van der Waals surface area contributed by atoms with Crippen LogP contribution >= 0.6 is 0 Å². The summed E-state index contributed by atoms with van der Waals surface area (Å²) in [6.07, 6.45) is 0.363. The largest absolute Gasteiger partial charge is 0.376 e. The second-order valence-electron chi connectivity index (χ2n) is 7.79. The van der Waals surface area contributed by atoms with Crippen molar-refractivity contribution in [3.63, 3.8) is 0 Å². The lowest BCUT2D eigenvalue weighted by Gasteiger charge is -2.22. The number of amides is 3. The maximum atomic E-state index is 12.9. The maximum Gasteiger partial charge on any atom is 0.255 e. The molecule has 0 aromatic heterocycles. The minimum Gasteiger partial charge on any atom is -0.376 e. The summed E-state index contributed by atoms with van der Waals surface area (Å²) in [6, 6.07) is 10.8. The molecule has 10 heteroatoms. The van der Waals surface area contributed by atoms with E-state index in [0.29, 0.717) is 35.7 Å². The number of rotatable bonds is 8. The van der Waals surface area contributed by atoms with Gasteiger partial charge in [-0.1, -0.05) is 13.8 Å². The number of hydrogen-bond donors (Lipinski definition) is 1. The van der Waals surface area contributed by atoms with Gasteiger partial charge < -0.3 is 10.2 Å². The zero-order valence-corrected chi connectivity index (χ0v) is 20.0. The number of nitrogens with zero attached hydrogens (tertiary/aromatic N) is 3. The van der Waals surface area contributed by atoms with Gasteiger partial charge in [-0.2, -0.15) is 4.31 Å². The van der Waals surface area contributed by atoms with E-state index in [2.05, 4.69) is 5.32 Å². The Morgan fingerprint density at radius 1 is 0.970 bits per heavy atom. The first kappa shape index (κ1) is 24.4. The maximum absolute atomic E-state index is 12.9. The lowest BCUT2D eigenvalue weighted by Crippen LogP contribution is -2.30. The topological polar surface area (TPSA) is 107 Å². The first-order valence-electron chi connectivity index (χ1n) is 10.7. The molecular weight excluding hydrogens is 444 g/mol. The molecule has 3 rings (SSSR count). The minimum absolute atomic E-state index is 0.0912. The Balaban J connectivity index is 1.89. The highest BCUT2D eigenvalue weighted by Gasteiger charge is 2.30. The van der Waals surface area contributed by atoms with Crippen LogP contribution in [0, 0.1) is 0 Å². The summed E-state index contributed by atoms with van der Waals surface area (Å²) in [5, 5.41) is 2.79. The van der Waals surface area contributed by atoms with Crippen molar-refractivity contribution < 1.29 is 22.8 Å². The van der Waals surface area contributed by atoms with E-state index in [0.717, 1.165) is 4.90 Å². The quantitative estimate of drug-likeness (QED) is 0.592. The van der Waals surface area contributed by atoms with Crippen molar-refractivity contribution in [1.82, 2.24) is 4.31 Å². The van der Waals surface area contributed by atoms with Crippen LogP contribution in [0.5, 0.6) is 0 Å². The molecule has 1 heterocycles. The molecule has 0 saturated carbocycles. The van der Waals surface area contributed by atoms with E-state index in [4.69, 9.17) is 0 Å². The third-order valence-electron chi connectivity index (χ3n) is 5.48. The summed E-state index contributed by atoms with van der Waals surface area (Å²) >= 11 is 0. The number of carbonyl (C=O) groups excluding carboxylic acids is 3. The Kier molecular flexibility index (Phi) is 7.19. The van der Waals surface area contributed by atoms with Gasteiger partial charge in [0.1, 0.15) is 0 Å². The van der Waals surface area contributed by atoms with Gasteiger partial charge in [0, 0.05) is 45.6 Å². The van der Waals surface area contributed by atoms with Crippen molar-refractivity contribution >= 4 is 44.8 Å². The molecule has 0 unspecified atom stereocenters. The number of nitrogens with one attached hydrogen (secondary N) is 1. The zero-order valence-electron chi connectivity index (χ0n) is 19.2. The third-order valence-corrected chi connectivity index (χ3v) is 7.53. The third kappa shape index (κ3) is 4.91. The molecule has 1 fully saturated rings. The highest BCUT2D eigenvalue weighted by molar-refractivity contribution is 7.89. The van der Waals surface area contributed by atoms with Crippen molar-refractivity contribution in [2.24, 2.45) is 0 Å². The van der Waals surface area contributed by atoms with Crippen LogP contribution in [-0.4, -0.2) is 57.6 Å². The van der Waals surface area contributed by atoms with Crippen LogP contribution in [-0.2, 0) is 19.6 Å². The van der Waals surface area contributed by atoms with Crippen LogP contribution < -0.4 is 15.1 Å².